The van der Waals surface area contributed by atoms with Gasteiger partial charge in [0, 0.05) is 19.3 Å². The molecule has 3 atom stereocenters. The molecule has 3 nitrogen and oxygen atoms in total. The fourth-order valence-corrected chi connectivity index (χ4v) is 3.31. The third kappa shape index (κ3) is 3.58. The van der Waals surface area contributed by atoms with Crippen LogP contribution in [0, 0.1) is 11.8 Å². The van der Waals surface area contributed by atoms with Crippen molar-refractivity contribution < 1.29 is 0 Å². The van der Waals surface area contributed by atoms with Gasteiger partial charge >= 0.3 is 0 Å². The van der Waals surface area contributed by atoms with Crippen LogP contribution >= 0.6 is 0 Å². The molecule has 102 valence electrons. The molecule has 1 saturated carbocycles. The lowest BCUT2D eigenvalue weighted by molar-refractivity contribution is 0.338. The van der Waals surface area contributed by atoms with Crippen LogP contribution in [-0.4, -0.2) is 22.4 Å². The monoisotopic (exact) mass is 249 g/mol. The molecule has 0 aliphatic heterocycles. The van der Waals surface area contributed by atoms with Gasteiger partial charge in [-0.25, -0.2) is 0 Å². The van der Waals surface area contributed by atoms with Gasteiger partial charge in [-0.05, 0) is 49.6 Å². The number of aromatic nitrogens is 2. The topological polar surface area (TPSA) is 29.9 Å². The van der Waals surface area contributed by atoms with Crippen molar-refractivity contribution >= 4 is 0 Å². The average molecular weight is 249 g/mol. The Morgan fingerprint density at radius 2 is 2.33 bits per heavy atom. The highest BCUT2D eigenvalue weighted by molar-refractivity contribution is 5.04. The molecule has 1 aromatic heterocycles. The van der Waals surface area contributed by atoms with Crippen molar-refractivity contribution in [3.05, 3.63) is 18.0 Å². The van der Waals surface area contributed by atoms with Gasteiger partial charge in [-0.1, -0.05) is 20.3 Å². The average Bonchev–Trinajstić information content (AvgIpc) is 2.94. The van der Waals surface area contributed by atoms with Crippen LogP contribution in [0.3, 0.4) is 0 Å². The first-order valence-corrected chi connectivity index (χ1v) is 7.40. The van der Waals surface area contributed by atoms with E-state index in [2.05, 4.69) is 30.5 Å². The molecule has 0 radical (unpaired) electrons. The fraction of sp³-hybridized carbons (Fsp3) is 0.800. The van der Waals surface area contributed by atoms with Gasteiger partial charge in [0.25, 0.3) is 0 Å². The van der Waals surface area contributed by atoms with Crippen LogP contribution in [0.1, 0.15) is 45.1 Å². The van der Waals surface area contributed by atoms with Crippen molar-refractivity contribution in [3.8, 4) is 0 Å². The van der Waals surface area contributed by atoms with Crippen LogP contribution < -0.4 is 5.32 Å². The van der Waals surface area contributed by atoms with Crippen LogP contribution in [0.25, 0.3) is 0 Å². The second-order valence-electron chi connectivity index (χ2n) is 5.90. The summed E-state index contributed by atoms with van der Waals surface area (Å²) in [5.41, 5.74) is 1.37. The van der Waals surface area contributed by atoms with Crippen LogP contribution in [0.4, 0.5) is 0 Å². The van der Waals surface area contributed by atoms with Crippen molar-refractivity contribution in [2.24, 2.45) is 18.9 Å². The van der Waals surface area contributed by atoms with Crippen molar-refractivity contribution in [2.75, 3.05) is 6.54 Å². The van der Waals surface area contributed by atoms with Gasteiger partial charge in [-0.2, -0.15) is 5.10 Å². The van der Waals surface area contributed by atoms with E-state index in [0.717, 1.165) is 24.8 Å². The normalized spacial score (nSPS) is 25.5. The van der Waals surface area contributed by atoms with E-state index >= 15 is 0 Å². The zero-order valence-electron chi connectivity index (χ0n) is 12.0. The molecule has 1 aromatic rings. The Kier molecular flexibility index (Phi) is 4.81. The maximum absolute atomic E-state index is 4.25. The molecule has 1 N–H and O–H groups in total. The largest absolute Gasteiger partial charge is 0.314 e. The number of hydrogen-bond acceptors (Lipinski definition) is 2. The Morgan fingerprint density at radius 3 is 2.89 bits per heavy atom. The van der Waals surface area contributed by atoms with Gasteiger partial charge in [0.05, 0.1) is 6.20 Å². The van der Waals surface area contributed by atoms with E-state index < -0.39 is 0 Å². The molecule has 1 aliphatic carbocycles. The molecular formula is C15H27N3. The lowest BCUT2D eigenvalue weighted by Crippen LogP contribution is -2.35. The van der Waals surface area contributed by atoms with Gasteiger partial charge in [0.1, 0.15) is 0 Å². The quantitative estimate of drug-likeness (QED) is 0.840. The summed E-state index contributed by atoms with van der Waals surface area (Å²) in [5.74, 6) is 1.81. The minimum atomic E-state index is 0.695. The number of rotatable bonds is 6. The van der Waals surface area contributed by atoms with Crippen LogP contribution in [0.15, 0.2) is 12.4 Å². The first-order valence-electron chi connectivity index (χ1n) is 7.40. The molecule has 0 amide bonds. The van der Waals surface area contributed by atoms with Crippen molar-refractivity contribution in [3.63, 3.8) is 0 Å². The molecule has 1 aliphatic rings. The highest BCUT2D eigenvalue weighted by Gasteiger charge is 2.27. The van der Waals surface area contributed by atoms with Gasteiger partial charge in [-0.3, -0.25) is 4.68 Å². The molecule has 0 bridgehead atoms. The third-order valence-corrected chi connectivity index (χ3v) is 4.27. The molecule has 18 heavy (non-hydrogen) atoms. The second-order valence-corrected chi connectivity index (χ2v) is 5.90. The molecule has 0 saturated heterocycles. The Hall–Kier alpha value is -0.830. The lowest BCUT2D eigenvalue weighted by atomic mass is 9.92. The summed E-state index contributed by atoms with van der Waals surface area (Å²) < 4.78 is 1.90. The van der Waals surface area contributed by atoms with Crippen molar-refractivity contribution in [2.45, 2.75) is 52.0 Å². The van der Waals surface area contributed by atoms with Gasteiger partial charge < -0.3 is 5.32 Å². The first kappa shape index (κ1) is 13.6. The van der Waals surface area contributed by atoms with Gasteiger partial charge in [0.2, 0.25) is 0 Å². The lowest BCUT2D eigenvalue weighted by Gasteiger charge is -2.24. The fourth-order valence-electron chi connectivity index (χ4n) is 3.31. The van der Waals surface area contributed by atoms with Gasteiger partial charge in [-0.15, -0.1) is 0 Å². The summed E-state index contributed by atoms with van der Waals surface area (Å²) in [6.07, 6.45) is 10.8. The number of nitrogens with zero attached hydrogens (tertiary/aromatic N) is 2. The predicted octanol–water partition coefficient (Wildman–Crippen LogP) is 2.77. The molecule has 2 rings (SSSR count). The molecule has 1 heterocycles. The molecule has 3 heteroatoms. The Morgan fingerprint density at radius 1 is 1.50 bits per heavy atom. The SMILES string of the molecule is CCNC(CCc1cnn(C)c1)C1CCC(C)C1. The third-order valence-electron chi connectivity index (χ3n) is 4.27. The molecule has 0 aromatic carbocycles. The Bertz CT molecular complexity index is 358. The summed E-state index contributed by atoms with van der Waals surface area (Å²) in [5, 5.41) is 7.94. The van der Waals surface area contributed by atoms with E-state index in [9.17, 15) is 0 Å². The number of hydrogen-bond donors (Lipinski definition) is 1. The minimum Gasteiger partial charge on any atom is -0.314 e. The summed E-state index contributed by atoms with van der Waals surface area (Å²) in [4.78, 5) is 0. The first-order chi connectivity index (χ1) is 8.69. The van der Waals surface area contributed by atoms with Crippen LogP contribution in [0.2, 0.25) is 0 Å². The number of nitrogens with one attached hydrogen (secondary N) is 1. The van der Waals surface area contributed by atoms with Gasteiger partial charge in [0.15, 0.2) is 0 Å². The summed E-state index contributed by atoms with van der Waals surface area (Å²) in [6.45, 7) is 5.70. The van der Waals surface area contributed by atoms with Crippen LogP contribution in [-0.2, 0) is 13.5 Å². The zero-order chi connectivity index (χ0) is 13.0. The molecule has 3 unspecified atom stereocenters. The van der Waals surface area contributed by atoms with Crippen molar-refractivity contribution in [1.29, 1.82) is 0 Å². The zero-order valence-corrected chi connectivity index (χ0v) is 12.0. The number of aryl methyl sites for hydroxylation is 2. The molecular weight excluding hydrogens is 222 g/mol. The highest BCUT2D eigenvalue weighted by atomic mass is 15.2. The Balaban J connectivity index is 1.86. The van der Waals surface area contributed by atoms with Crippen LogP contribution in [0.5, 0.6) is 0 Å². The van der Waals surface area contributed by atoms with E-state index in [0.29, 0.717) is 6.04 Å². The summed E-state index contributed by atoms with van der Waals surface area (Å²) >= 11 is 0. The maximum Gasteiger partial charge on any atom is 0.0521 e. The van der Waals surface area contributed by atoms with E-state index in [1.54, 1.807) is 0 Å². The predicted molar refractivity (Wildman–Crippen MR) is 75.5 cm³/mol. The molecule has 1 fully saturated rings. The second kappa shape index (κ2) is 6.37. The van der Waals surface area contributed by atoms with Crippen molar-refractivity contribution in [1.82, 2.24) is 15.1 Å². The highest BCUT2D eigenvalue weighted by Crippen LogP contribution is 2.33. The molecule has 0 spiro atoms. The van der Waals surface area contributed by atoms with E-state index in [-0.39, 0.29) is 0 Å². The van der Waals surface area contributed by atoms with E-state index in [1.165, 1.54) is 31.2 Å². The smallest absolute Gasteiger partial charge is 0.0521 e. The maximum atomic E-state index is 4.25. The van der Waals surface area contributed by atoms with E-state index in [1.807, 2.05) is 17.9 Å². The standard InChI is InChI=1S/C15H27N3/c1-4-16-15(14-7-5-12(2)9-14)8-6-13-10-17-18(3)11-13/h10-12,14-16H,4-9H2,1-3H3. The summed E-state index contributed by atoms with van der Waals surface area (Å²) in [7, 11) is 1.99. The Labute approximate surface area is 111 Å². The summed E-state index contributed by atoms with van der Waals surface area (Å²) in [6, 6.07) is 0.695. The van der Waals surface area contributed by atoms with E-state index in [4.69, 9.17) is 0 Å². The minimum absolute atomic E-state index is 0.695.